The Morgan fingerprint density at radius 3 is 2.39 bits per heavy atom. The first kappa shape index (κ1) is 21.8. The molecule has 0 radical (unpaired) electrons. The molecule has 31 heavy (non-hydrogen) atoms. The first-order chi connectivity index (χ1) is 14.8. The second-order valence-corrected chi connectivity index (χ2v) is 7.15. The summed E-state index contributed by atoms with van der Waals surface area (Å²) in [5.41, 5.74) is 2.89. The van der Waals surface area contributed by atoms with E-state index in [9.17, 15) is 19.7 Å². The number of carbonyl (C=O) groups is 2. The van der Waals surface area contributed by atoms with Crippen LogP contribution in [-0.4, -0.2) is 23.9 Å². The zero-order valence-corrected chi connectivity index (χ0v) is 17.5. The number of methoxy groups -OCH3 is 1. The van der Waals surface area contributed by atoms with Gasteiger partial charge in [-0.15, -0.1) is 0 Å². The van der Waals surface area contributed by atoms with Gasteiger partial charge in [0, 0.05) is 35.6 Å². The fourth-order valence-corrected chi connectivity index (χ4v) is 3.70. The van der Waals surface area contributed by atoms with E-state index in [1.165, 1.54) is 25.3 Å². The van der Waals surface area contributed by atoms with E-state index in [4.69, 9.17) is 4.74 Å². The second kappa shape index (κ2) is 9.25. The number of rotatable bonds is 6. The molecule has 0 saturated carbocycles. The van der Waals surface area contributed by atoms with E-state index >= 15 is 0 Å². The maximum atomic E-state index is 13.2. The van der Waals surface area contributed by atoms with E-state index in [-0.39, 0.29) is 17.2 Å². The second-order valence-electron chi connectivity index (χ2n) is 7.15. The summed E-state index contributed by atoms with van der Waals surface area (Å²) in [7, 11) is 1.26. The molecule has 0 aliphatic carbocycles. The summed E-state index contributed by atoms with van der Waals surface area (Å²) in [6.45, 7) is 3.74. The third kappa shape index (κ3) is 4.63. The first-order valence-corrected chi connectivity index (χ1v) is 9.66. The molecule has 0 bridgehead atoms. The van der Waals surface area contributed by atoms with E-state index in [1.807, 2.05) is 30.3 Å². The lowest BCUT2D eigenvalue weighted by atomic mass is 9.80. The van der Waals surface area contributed by atoms with E-state index in [0.717, 1.165) is 5.56 Å². The molecule has 2 N–H and O–H groups in total. The number of ether oxygens (including phenoxy) is 1. The Bertz CT molecular complexity index is 1090. The minimum Gasteiger partial charge on any atom is -0.466 e. The van der Waals surface area contributed by atoms with Crippen LogP contribution in [0.1, 0.15) is 30.9 Å². The normalized spacial score (nSPS) is 15.9. The van der Waals surface area contributed by atoms with Crippen molar-refractivity contribution in [3.05, 3.63) is 98.4 Å². The first-order valence-electron chi connectivity index (χ1n) is 9.66. The minimum atomic E-state index is -0.815. The van der Waals surface area contributed by atoms with Gasteiger partial charge in [-0.25, -0.2) is 4.79 Å². The quantitative estimate of drug-likeness (QED) is 0.421. The number of allylic oxidation sites excluding steroid dienone is 2. The van der Waals surface area contributed by atoms with Crippen LogP contribution in [0, 0.1) is 10.1 Å². The van der Waals surface area contributed by atoms with Crippen molar-refractivity contribution >= 4 is 17.6 Å². The topological polar surface area (TPSA) is 111 Å². The number of hydrogen-bond acceptors (Lipinski definition) is 6. The van der Waals surface area contributed by atoms with E-state index in [2.05, 4.69) is 10.6 Å². The van der Waals surface area contributed by atoms with Crippen LogP contribution >= 0.6 is 0 Å². The summed E-state index contributed by atoms with van der Waals surface area (Å²) in [6, 6.07) is 15.4. The van der Waals surface area contributed by atoms with Gasteiger partial charge in [-0.1, -0.05) is 42.5 Å². The molecule has 1 amide bonds. The molecule has 3 rings (SSSR count). The van der Waals surface area contributed by atoms with Crippen LogP contribution in [-0.2, 0) is 20.9 Å². The third-order valence-electron chi connectivity index (χ3n) is 5.12. The van der Waals surface area contributed by atoms with Crippen LogP contribution in [0.15, 0.2) is 77.1 Å². The molecule has 0 fully saturated rings. The number of esters is 1. The summed E-state index contributed by atoms with van der Waals surface area (Å²) in [6.07, 6.45) is 0. The average Bonchev–Trinajstić information content (AvgIpc) is 2.77. The third-order valence-corrected chi connectivity index (χ3v) is 5.12. The van der Waals surface area contributed by atoms with Crippen molar-refractivity contribution in [3.8, 4) is 0 Å². The highest BCUT2D eigenvalue weighted by Crippen LogP contribution is 2.39. The molecular formula is C23H23N3O5. The van der Waals surface area contributed by atoms with Crippen molar-refractivity contribution in [2.45, 2.75) is 26.3 Å². The van der Waals surface area contributed by atoms with Crippen molar-refractivity contribution in [2.75, 3.05) is 7.11 Å². The van der Waals surface area contributed by atoms with Crippen LogP contribution < -0.4 is 10.6 Å². The predicted molar refractivity (Wildman–Crippen MR) is 115 cm³/mol. The van der Waals surface area contributed by atoms with Gasteiger partial charge < -0.3 is 15.4 Å². The Balaban J connectivity index is 2.05. The molecule has 1 aliphatic heterocycles. The van der Waals surface area contributed by atoms with Crippen molar-refractivity contribution in [1.82, 2.24) is 10.6 Å². The fraction of sp³-hybridized carbons (Fsp3) is 0.217. The lowest BCUT2D eigenvalue weighted by Gasteiger charge is -2.30. The van der Waals surface area contributed by atoms with Crippen molar-refractivity contribution < 1.29 is 19.2 Å². The number of nitrogens with zero attached hydrogens (tertiary/aromatic N) is 1. The molecule has 8 nitrogen and oxygen atoms in total. The SMILES string of the molecule is COC(=O)C1=C(C)NC(C)=C(C(=O)NCc2ccccc2)C1c1cccc([N+](=O)[O-])c1. The van der Waals surface area contributed by atoms with Gasteiger partial charge in [0.05, 0.1) is 23.5 Å². The molecule has 160 valence electrons. The maximum absolute atomic E-state index is 13.2. The highest BCUT2D eigenvalue weighted by atomic mass is 16.6. The Hall–Kier alpha value is -3.94. The Morgan fingerprint density at radius 1 is 1.06 bits per heavy atom. The molecule has 1 atom stereocenters. The van der Waals surface area contributed by atoms with Gasteiger partial charge in [0.2, 0.25) is 5.91 Å². The lowest BCUT2D eigenvalue weighted by Crippen LogP contribution is -2.36. The van der Waals surface area contributed by atoms with Gasteiger partial charge in [0.25, 0.3) is 5.69 Å². The smallest absolute Gasteiger partial charge is 0.336 e. The molecule has 1 heterocycles. The number of amides is 1. The number of nitro benzene ring substituents is 1. The van der Waals surface area contributed by atoms with Crippen LogP contribution in [0.5, 0.6) is 0 Å². The number of nitrogens with one attached hydrogen (secondary N) is 2. The molecule has 2 aromatic rings. The van der Waals surface area contributed by atoms with Crippen molar-refractivity contribution in [2.24, 2.45) is 0 Å². The van der Waals surface area contributed by atoms with Crippen LogP contribution in [0.25, 0.3) is 0 Å². The molecule has 0 aromatic heterocycles. The van der Waals surface area contributed by atoms with Crippen molar-refractivity contribution in [3.63, 3.8) is 0 Å². The molecule has 0 saturated heterocycles. The van der Waals surface area contributed by atoms with Gasteiger partial charge in [-0.3, -0.25) is 14.9 Å². The number of nitro groups is 1. The summed E-state index contributed by atoms with van der Waals surface area (Å²) in [5.74, 6) is -1.80. The Kier molecular flexibility index (Phi) is 6.49. The van der Waals surface area contributed by atoms with E-state index in [0.29, 0.717) is 29.1 Å². The maximum Gasteiger partial charge on any atom is 0.336 e. The number of benzene rings is 2. The summed E-state index contributed by atoms with van der Waals surface area (Å²) >= 11 is 0. The Labute approximate surface area is 179 Å². The Morgan fingerprint density at radius 2 is 1.74 bits per heavy atom. The highest BCUT2D eigenvalue weighted by molar-refractivity contribution is 6.02. The fourth-order valence-electron chi connectivity index (χ4n) is 3.70. The number of hydrogen-bond donors (Lipinski definition) is 2. The van der Waals surface area contributed by atoms with Gasteiger partial charge in [-0.2, -0.15) is 0 Å². The van der Waals surface area contributed by atoms with E-state index in [1.54, 1.807) is 19.9 Å². The molecule has 1 aliphatic rings. The summed E-state index contributed by atoms with van der Waals surface area (Å²) in [5, 5.41) is 17.3. The van der Waals surface area contributed by atoms with Gasteiger partial charge >= 0.3 is 5.97 Å². The number of non-ortho nitro benzene ring substituents is 1. The number of carbonyl (C=O) groups excluding carboxylic acids is 2. The minimum absolute atomic E-state index is 0.125. The number of dihydropyridines is 1. The predicted octanol–water partition coefficient (Wildman–Crippen LogP) is 3.32. The zero-order chi connectivity index (χ0) is 22.5. The van der Waals surface area contributed by atoms with Crippen LogP contribution in [0.3, 0.4) is 0 Å². The van der Waals surface area contributed by atoms with Gasteiger partial charge in [-0.05, 0) is 25.0 Å². The summed E-state index contributed by atoms with van der Waals surface area (Å²) in [4.78, 5) is 36.7. The molecular weight excluding hydrogens is 398 g/mol. The largest absolute Gasteiger partial charge is 0.466 e. The summed E-state index contributed by atoms with van der Waals surface area (Å²) < 4.78 is 4.96. The lowest BCUT2D eigenvalue weighted by molar-refractivity contribution is -0.384. The average molecular weight is 421 g/mol. The van der Waals surface area contributed by atoms with Crippen LogP contribution in [0.2, 0.25) is 0 Å². The van der Waals surface area contributed by atoms with Crippen molar-refractivity contribution in [1.29, 1.82) is 0 Å². The van der Waals surface area contributed by atoms with E-state index < -0.39 is 16.8 Å². The molecule has 0 spiro atoms. The zero-order valence-electron chi connectivity index (χ0n) is 17.5. The van der Waals surface area contributed by atoms with Gasteiger partial charge in [0.1, 0.15) is 0 Å². The standard InChI is InChI=1S/C23H23N3O5/c1-14-19(22(27)24-13-16-8-5-4-6-9-16)21(20(15(2)25-14)23(28)31-3)17-10-7-11-18(12-17)26(29)30/h4-12,21,25H,13H2,1-3H3,(H,24,27). The highest BCUT2D eigenvalue weighted by Gasteiger charge is 2.37. The molecule has 8 heteroatoms. The van der Waals surface area contributed by atoms with Gasteiger partial charge in [0.15, 0.2) is 0 Å². The van der Waals surface area contributed by atoms with Crippen LogP contribution in [0.4, 0.5) is 5.69 Å². The monoisotopic (exact) mass is 421 g/mol. The molecule has 2 aromatic carbocycles. The molecule has 1 unspecified atom stereocenters.